The molecule has 2 fully saturated rings. The Morgan fingerprint density at radius 3 is 1.24 bits per heavy atom. The Hall–Kier alpha value is -6.22. The Kier molecular flexibility index (Phi) is 20.9. The van der Waals surface area contributed by atoms with Gasteiger partial charge in [-0.1, -0.05) is 0 Å². The Labute approximate surface area is 455 Å². The maximum atomic E-state index is 14.1. The van der Waals surface area contributed by atoms with Crippen LogP contribution in [-0.2, 0) is 33.7 Å². The van der Waals surface area contributed by atoms with Crippen molar-refractivity contribution in [3.8, 4) is 0 Å². The summed E-state index contributed by atoms with van der Waals surface area (Å²) in [6, 6.07) is 27.5. The van der Waals surface area contributed by atoms with Gasteiger partial charge in [0.05, 0.1) is 9.79 Å². The highest BCUT2D eigenvalue weighted by Gasteiger charge is 2.36. The third-order valence-corrected chi connectivity index (χ3v) is 18.0. The molecule has 8 N–H and O–H groups in total. The Balaban J connectivity index is 0.737. The summed E-state index contributed by atoms with van der Waals surface area (Å²) in [5.74, 6) is 0.861. The number of likely N-dealkylation sites (tertiary alicyclic amines) is 2. The van der Waals surface area contributed by atoms with Crippen LogP contribution in [0.15, 0.2) is 131 Å². The van der Waals surface area contributed by atoms with Crippen molar-refractivity contribution in [3.05, 3.63) is 133 Å². The van der Waals surface area contributed by atoms with Gasteiger partial charge in [0.1, 0.15) is 36.5 Å². The molecular weight excluding hydrogens is 1070 g/mol. The molecule has 0 saturated carbocycles. The summed E-state index contributed by atoms with van der Waals surface area (Å²) in [5.41, 5.74) is 14.2. The molecule has 0 spiro atoms. The molecule has 2 saturated heterocycles. The highest BCUT2D eigenvalue weighted by Crippen LogP contribution is 2.30. The number of aromatic nitrogens is 4. The van der Waals surface area contributed by atoms with Crippen LogP contribution >= 0.6 is 8.25 Å². The quantitative estimate of drug-likeness (QED) is 0.0259. The van der Waals surface area contributed by atoms with E-state index < -0.39 is 28.3 Å². The minimum absolute atomic E-state index is 0.155. The van der Waals surface area contributed by atoms with Crippen molar-refractivity contribution in [2.45, 2.75) is 60.4 Å². The van der Waals surface area contributed by atoms with Gasteiger partial charge in [0.15, 0.2) is 0 Å². The van der Waals surface area contributed by atoms with Gasteiger partial charge in [0.25, 0.3) is 0 Å². The number of benzene rings is 4. The van der Waals surface area contributed by atoms with E-state index in [-0.39, 0.29) is 71.7 Å². The number of piperidine rings is 2. The molecule has 2 aliphatic rings. The third kappa shape index (κ3) is 16.4. The summed E-state index contributed by atoms with van der Waals surface area (Å²) in [6.07, 6.45) is 6.52. The second kappa shape index (κ2) is 28.1. The molecule has 8 rings (SSSR count). The summed E-state index contributed by atoms with van der Waals surface area (Å²) in [7, 11) is -10.1. The third-order valence-electron chi connectivity index (χ3n) is 13.3. The van der Waals surface area contributed by atoms with Gasteiger partial charge in [-0.3, -0.25) is 0 Å². The second-order valence-electron chi connectivity index (χ2n) is 18.6. The van der Waals surface area contributed by atoms with E-state index in [1.54, 1.807) is 106 Å². The summed E-state index contributed by atoms with van der Waals surface area (Å²) in [5, 5.41) is 12.4. The van der Waals surface area contributed by atoms with Gasteiger partial charge < -0.3 is 42.5 Å². The number of anilines is 8. The highest BCUT2D eigenvalue weighted by molar-refractivity contribution is 7.89. The first-order valence-corrected chi connectivity index (χ1v) is 29.8. The number of hydrogen-bond donors (Lipinski definition) is 6. The molecule has 0 aliphatic carbocycles. The van der Waals surface area contributed by atoms with E-state index in [0.717, 1.165) is 0 Å². The lowest BCUT2D eigenvalue weighted by molar-refractivity contribution is 0.121. The number of hydrogen-bond acceptors (Lipinski definition) is 19. The molecule has 2 aliphatic heterocycles. The zero-order valence-electron chi connectivity index (χ0n) is 43.0. The predicted molar refractivity (Wildman–Crippen MR) is 296 cm³/mol. The van der Waals surface area contributed by atoms with Crippen LogP contribution in [0, 0.1) is 11.6 Å². The van der Waals surface area contributed by atoms with Crippen LogP contribution in [0.25, 0.3) is 0 Å². The molecule has 0 radical (unpaired) electrons. The zero-order valence-corrected chi connectivity index (χ0v) is 45.6. The molecule has 6 aromatic rings. The van der Waals surface area contributed by atoms with Crippen molar-refractivity contribution in [2.24, 2.45) is 11.5 Å². The van der Waals surface area contributed by atoms with E-state index in [2.05, 4.69) is 51.0 Å². The summed E-state index contributed by atoms with van der Waals surface area (Å²) >= 11 is 0. The van der Waals surface area contributed by atoms with E-state index in [0.29, 0.717) is 125 Å². The molecule has 4 aromatic carbocycles. The van der Waals surface area contributed by atoms with Crippen LogP contribution in [-0.4, -0.2) is 146 Å². The van der Waals surface area contributed by atoms with Gasteiger partial charge in [-0.25, -0.2) is 35.6 Å². The minimum Gasteiger partial charge on any atom is -0.340 e. The fourth-order valence-corrected chi connectivity index (χ4v) is 13.2. The second-order valence-corrected chi connectivity index (χ2v) is 23.4. The number of nitrogens with two attached hydrogens (primary N) is 2. The van der Waals surface area contributed by atoms with Crippen LogP contribution in [0.3, 0.4) is 0 Å². The van der Waals surface area contributed by atoms with Gasteiger partial charge in [-0.2, -0.15) is 18.6 Å². The molecule has 0 bridgehead atoms. The molecule has 416 valence electrons. The lowest BCUT2D eigenvalue weighted by atomic mass is 10.0. The average Bonchev–Trinajstić information content (AvgIpc) is 3.49. The predicted octanol–water partition coefficient (Wildman–Crippen LogP) is 7.52. The smallest absolute Gasteiger partial charge is 0.340 e. The number of halogens is 2. The van der Waals surface area contributed by atoms with Crippen LogP contribution in [0.2, 0.25) is 0 Å². The van der Waals surface area contributed by atoms with E-state index in [9.17, 15) is 30.2 Å². The highest BCUT2D eigenvalue weighted by atomic mass is 32.2. The maximum Gasteiger partial charge on any atom is 0.697 e. The molecule has 0 amide bonds. The van der Waals surface area contributed by atoms with Gasteiger partial charge >= 0.3 is 8.25 Å². The van der Waals surface area contributed by atoms with Crippen LogP contribution < -0.4 is 32.7 Å². The Morgan fingerprint density at radius 2 is 0.885 bits per heavy atom. The summed E-state index contributed by atoms with van der Waals surface area (Å²) in [4.78, 5) is 22.1. The van der Waals surface area contributed by atoms with E-state index in [1.165, 1.54) is 24.3 Å². The van der Waals surface area contributed by atoms with Crippen molar-refractivity contribution < 1.29 is 39.2 Å². The molecule has 21 nitrogen and oxygen atoms in total. The normalized spacial score (nSPS) is 15.2. The minimum atomic E-state index is -3.88. The molecule has 0 unspecified atom stereocenters. The van der Waals surface area contributed by atoms with E-state index >= 15 is 0 Å². The van der Waals surface area contributed by atoms with Gasteiger partial charge in [0.2, 0.25) is 31.9 Å². The Morgan fingerprint density at radius 1 is 0.538 bits per heavy atom. The monoisotopic (exact) mass is 1130 g/mol. The summed E-state index contributed by atoms with van der Waals surface area (Å²) in [6.45, 7) is 5.07. The summed E-state index contributed by atoms with van der Waals surface area (Å²) < 4.78 is 110. The number of nitrogens with zero attached hydrogens (tertiary/aromatic N) is 8. The molecule has 2 aromatic heterocycles. The van der Waals surface area contributed by atoms with Gasteiger partial charge in [0, 0.05) is 78.0 Å². The molecule has 78 heavy (non-hydrogen) atoms. The lowest BCUT2D eigenvalue weighted by Gasteiger charge is -2.37. The van der Waals surface area contributed by atoms with Crippen LogP contribution in [0.5, 0.6) is 0 Å². The van der Waals surface area contributed by atoms with Gasteiger partial charge in [-0.15, -0.1) is 9.05 Å². The van der Waals surface area contributed by atoms with E-state index in [1.807, 2.05) is 0 Å². The standard InChI is InChI=1S/C52H66F2N14O7PS2/c53-39-3-7-41(8-4-39)59-49-19-27-57-51(63-49)61-43-11-15-47(16-12-43)77(70,71)67(29-1-25-55)45-21-31-65(32-22-45)35-37-74-76(69)75-38-36-66-33-23-46(24-34-66)68(30-2-26-56)78(72,73)48-17-13-44(14-18-48)62-52-58-28-20-50(64-52)60-42-9-5-40(54)6-10-42/h3-20,27-28,45-46H,1-2,21-26,29-38,55-56H2,(H2,57,59,61,63)(H2,58,60,62,64)/q+1. The first kappa shape index (κ1) is 57.9. The molecule has 4 heterocycles. The largest absolute Gasteiger partial charge is 0.697 e. The van der Waals surface area contributed by atoms with Crippen molar-refractivity contribution in [1.29, 1.82) is 0 Å². The van der Waals surface area contributed by atoms with Crippen LogP contribution in [0.4, 0.5) is 55.1 Å². The van der Waals surface area contributed by atoms with Gasteiger partial charge in [-0.05, 0) is 187 Å². The van der Waals surface area contributed by atoms with Crippen molar-refractivity contribution in [2.75, 3.05) is 99.9 Å². The van der Waals surface area contributed by atoms with Crippen LogP contribution in [0.1, 0.15) is 38.5 Å². The fraction of sp³-hybridized carbons (Fsp3) is 0.385. The zero-order chi connectivity index (χ0) is 54.9. The lowest BCUT2D eigenvalue weighted by Crippen LogP contribution is -2.48. The topological polar surface area (TPSA) is 268 Å². The van der Waals surface area contributed by atoms with Crippen molar-refractivity contribution in [3.63, 3.8) is 0 Å². The van der Waals surface area contributed by atoms with Crippen molar-refractivity contribution in [1.82, 2.24) is 38.3 Å². The molecular formula is C52H66F2N14O7PS2+. The number of rotatable bonds is 28. The Bertz CT molecular complexity index is 2890. The maximum absolute atomic E-state index is 14.1. The SMILES string of the molecule is NCCCN(C1CCN(CCO[P+](=O)OCCN2CCC(N(CCCN)S(=O)(=O)c3ccc(Nc4nccc(Nc5ccc(F)cc5)n4)cc3)CC2)CC1)S(=O)(=O)c1ccc(Nc2nccc(Nc3ccc(F)cc3)n2)cc1. The number of sulfonamides is 2. The first-order chi connectivity index (χ1) is 37.7. The molecule has 26 heteroatoms. The number of nitrogens with one attached hydrogen (secondary N) is 4. The molecule has 0 atom stereocenters. The first-order valence-electron chi connectivity index (χ1n) is 25.8. The van der Waals surface area contributed by atoms with Crippen molar-refractivity contribution >= 4 is 74.6 Å². The fourth-order valence-electron chi connectivity index (χ4n) is 9.17. The average molecular weight is 1130 g/mol. The van der Waals surface area contributed by atoms with E-state index in [4.69, 9.17) is 20.5 Å².